The van der Waals surface area contributed by atoms with E-state index in [-0.39, 0.29) is 34.7 Å². The standard InChI is InChI=1S/C35H54O6/c1-20(2)21-11-17-35(30(39)40)18-12-23-22(28(21)35)9-10-25-33(23,7)15-13-24-32(5,6)26(14-16-34(24,25)8)41-27(36)19-31(3,4)29(37)38/h21-26,28H,1,9-19H2,2-8H3,(H,37,38)(H,39,40)/t21-,22?,23?,24?,25?,26-,28?,33-,34-,35-/m0/s1. The average Bonchev–Trinajstić information content (AvgIpc) is 3.27. The minimum atomic E-state index is -1.14. The summed E-state index contributed by atoms with van der Waals surface area (Å²) in [7, 11) is 0. The first-order valence-electron chi connectivity index (χ1n) is 16.2. The highest BCUT2D eigenvalue weighted by Crippen LogP contribution is 2.73. The van der Waals surface area contributed by atoms with E-state index in [0.717, 1.165) is 64.2 Å². The van der Waals surface area contributed by atoms with Crippen molar-refractivity contribution in [2.45, 2.75) is 125 Å². The number of hydrogen-bond donors (Lipinski definition) is 2. The molecule has 0 saturated heterocycles. The SMILES string of the molecule is C=C(C)[C@@H]1CC[C@]2(C(=O)O)CCC3C(CCC4[C@@]3(C)CCC3C(C)(C)[C@@H](OC(=O)CC(C)(C)C(=O)O)CC[C@@]34C)C12. The van der Waals surface area contributed by atoms with Gasteiger partial charge in [-0.15, -0.1) is 0 Å². The largest absolute Gasteiger partial charge is 0.481 e. The normalized spacial score (nSPS) is 44.9. The van der Waals surface area contributed by atoms with Gasteiger partial charge < -0.3 is 14.9 Å². The summed E-state index contributed by atoms with van der Waals surface area (Å²) in [4.78, 5) is 37.3. The van der Waals surface area contributed by atoms with Gasteiger partial charge >= 0.3 is 17.9 Å². The van der Waals surface area contributed by atoms with Crippen LogP contribution in [0.15, 0.2) is 12.2 Å². The van der Waals surface area contributed by atoms with E-state index in [1.54, 1.807) is 13.8 Å². The van der Waals surface area contributed by atoms with Crippen molar-refractivity contribution >= 4 is 17.9 Å². The Bertz CT molecular complexity index is 1120. The van der Waals surface area contributed by atoms with Crippen molar-refractivity contribution in [2.24, 2.45) is 62.6 Å². The van der Waals surface area contributed by atoms with Crippen LogP contribution in [0.2, 0.25) is 0 Å². The second-order valence-corrected chi connectivity index (χ2v) is 16.7. The third kappa shape index (κ3) is 4.42. The van der Waals surface area contributed by atoms with Crippen molar-refractivity contribution in [1.82, 2.24) is 0 Å². The van der Waals surface area contributed by atoms with Gasteiger partial charge in [0.15, 0.2) is 0 Å². The van der Waals surface area contributed by atoms with Crippen molar-refractivity contribution < 1.29 is 29.3 Å². The lowest BCUT2D eigenvalue weighted by Crippen LogP contribution is -2.64. The monoisotopic (exact) mass is 570 g/mol. The van der Waals surface area contributed by atoms with Crippen molar-refractivity contribution in [2.75, 3.05) is 0 Å². The molecule has 5 aliphatic carbocycles. The van der Waals surface area contributed by atoms with E-state index in [4.69, 9.17) is 4.74 Å². The smallest absolute Gasteiger partial charge is 0.309 e. The number of ether oxygens (including phenoxy) is 1. The highest BCUT2D eigenvalue weighted by Gasteiger charge is 2.68. The molecule has 0 aromatic carbocycles. The van der Waals surface area contributed by atoms with Crippen LogP contribution in [-0.2, 0) is 19.1 Å². The molecule has 2 N–H and O–H groups in total. The molecular weight excluding hydrogens is 516 g/mol. The molecule has 5 aliphatic rings. The van der Waals surface area contributed by atoms with Crippen LogP contribution in [0.25, 0.3) is 0 Å². The summed E-state index contributed by atoms with van der Waals surface area (Å²) in [5.74, 6) is 0.549. The fourth-order valence-corrected chi connectivity index (χ4v) is 12.0. The molecule has 5 rings (SSSR count). The third-order valence-electron chi connectivity index (χ3n) is 14.0. The van der Waals surface area contributed by atoms with Crippen LogP contribution in [0.4, 0.5) is 0 Å². The van der Waals surface area contributed by atoms with Gasteiger partial charge in [0.1, 0.15) is 6.10 Å². The van der Waals surface area contributed by atoms with Crippen LogP contribution in [0.1, 0.15) is 119 Å². The van der Waals surface area contributed by atoms with E-state index in [1.807, 2.05) is 0 Å². The van der Waals surface area contributed by atoms with Crippen LogP contribution in [0.3, 0.4) is 0 Å². The third-order valence-corrected chi connectivity index (χ3v) is 14.0. The van der Waals surface area contributed by atoms with E-state index in [9.17, 15) is 24.6 Å². The van der Waals surface area contributed by atoms with Gasteiger partial charge in [-0.25, -0.2) is 0 Å². The second kappa shape index (κ2) is 9.84. The molecule has 41 heavy (non-hydrogen) atoms. The Balaban J connectivity index is 1.39. The maximum absolute atomic E-state index is 12.9. The summed E-state index contributed by atoms with van der Waals surface area (Å²) in [5, 5.41) is 20.0. The van der Waals surface area contributed by atoms with Gasteiger partial charge in [-0.1, -0.05) is 39.8 Å². The van der Waals surface area contributed by atoms with Crippen molar-refractivity contribution in [3.05, 3.63) is 12.2 Å². The molecule has 0 bridgehead atoms. The van der Waals surface area contributed by atoms with Crippen LogP contribution in [-0.4, -0.2) is 34.2 Å². The molecule has 6 nitrogen and oxygen atoms in total. The van der Waals surface area contributed by atoms with Gasteiger partial charge in [0, 0.05) is 5.41 Å². The first-order valence-corrected chi connectivity index (χ1v) is 16.2. The molecule has 0 radical (unpaired) electrons. The molecule has 5 unspecified atom stereocenters. The summed E-state index contributed by atoms with van der Waals surface area (Å²) in [5.41, 5.74) is -0.426. The molecule has 0 aromatic heterocycles. The Morgan fingerprint density at radius 2 is 1.49 bits per heavy atom. The Kier molecular flexibility index (Phi) is 7.34. The minimum absolute atomic E-state index is 0.120. The van der Waals surface area contributed by atoms with E-state index in [0.29, 0.717) is 29.6 Å². The average molecular weight is 571 g/mol. The number of carbonyl (C=O) groups excluding carboxylic acids is 1. The number of hydrogen-bond acceptors (Lipinski definition) is 4. The van der Waals surface area contributed by atoms with Gasteiger partial charge in [0.2, 0.25) is 0 Å². The number of carboxylic acids is 2. The van der Waals surface area contributed by atoms with Crippen LogP contribution in [0, 0.1) is 62.6 Å². The van der Waals surface area contributed by atoms with E-state index in [2.05, 4.69) is 41.2 Å². The van der Waals surface area contributed by atoms with Crippen LogP contribution >= 0.6 is 0 Å². The molecular formula is C35H54O6. The molecule has 0 heterocycles. The van der Waals surface area contributed by atoms with Crippen LogP contribution in [0.5, 0.6) is 0 Å². The number of esters is 1. The van der Waals surface area contributed by atoms with E-state index in [1.165, 1.54) is 5.57 Å². The first-order chi connectivity index (χ1) is 18.9. The number of carboxylic acid groups (broad SMARTS) is 2. The fourth-order valence-electron chi connectivity index (χ4n) is 12.0. The summed E-state index contributed by atoms with van der Waals surface area (Å²) >= 11 is 0. The summed E-state index contributed by atoms with van der Waals surface area (Å²) in [6.45, 7) is 19.2. The predicted octanol–water partition coefficient (Wildman–Crippen LogP) is 7.75. The van der Waals surface area contributed by atoms with E-state index < -0.39 is 28.7 Å². The lowest BCUT2D eigenvalue weighted by Gasteiger charge is -2.69. The molecule has 230 valence electrons. The number of carbonyl (C=O) groups is 3. The molecule has 0 amide bonds. The molecule has 0 aromatic rings. The highest BCUT2D eigenvalue weighted by atomic mass is 16.5. The molecule has 0 spiro atoms. The molecule has 0 aliphatic heterocycles. The lowest BCUT2D eigenvalue weighted by molar-refractivity contribution is -0.224. The highest BCUT2D eigenvalue weighted by molar-refractivity contribution is 5.81. The number of rotatable bonds is 6. The molecule has 6 heteroatoms. The number of aliphatic carboxylic acids is 2. The topological polar surface area (TPSA) is 101 Å². The summed E-state index contributed by atoms with van der Waals surface area (Å²) in [6, 6.07) is 0. The Morgan fingerprint density at radius 1 is 0.854 bits per heavy atom. The van der Waals surface area contributed by atoms with Crippen molar-refractivity contribution in [1.29, 1.82) is 0 Å². The predicted molar refractivity (Wildman–Crippen MR) is 158 cm³/mol. The van der Waals surface area contributed by atoms with Gasteiger partial charge in [0.05, 0.1) is 17.3 Å². The maximum Gasteiger partial charge on any atom is 0.309 e. The van der Waals surface area contributed by atoms with Crippen LogP contribution < -0.4 is 0 Å². The zero-order valence-corrected chi connectivity index (χ0v) is 26.6. The minimum Gasteiger partial charge on any atom is -0.481 e. The zero-order chi connectivity index (χ0) is 30.3. The van der Waals surface area contributed by atoms with Gasteiger partial charge in [0.25, 0.3) is 0 Å². The van der Waals surface area contributed by atoms with Crippen molar-refractivity contribution in [3.8, 4) is 0 Å². The lowest BCUT2D eigenvalue weighted by atomic mass is 9.36. The Morgan fingerprint density at radius 3 is 2.10 bits per heavy atom. The summed E-state index contributed by atoms with van der Waals surface area (Å²) in [6.07, 6.45) is 9.56. The van der Waals surface area contributed by atoms with E-state index >= 15 is 0 Å². The number of allylic oxidation sites excluding steroid dienone is 1. The zero-order valence-electron chi connectivity index (χ0n) is 26.6. The fraction of sp³-hybridized carbons (Fsp3) is 0.857. The second-order valence-electron chi connectivity index (χ2n) is 16.7. The maximum atomic E-state index is 12.9. The Labute approximate surface area is 247 Å². The quantitative estimate of drug-likeness (QED) is 0.250. The first kappa shape index (κ1) is 30.6. The van der Waals surface area contributed by atoms with Gasteiger partial charge in [-0.3, -0.25) is 14.4 Å². The van der Waals surface area contributed by atoms with Gasteiger partial charge in [-0.2, -0.15) is 0 Å². The Hall–Kier alpha value is -1.85. The molecule has 5 saturated carbocycles. The van der Waals surface area contributed by atoms with Gasteiger partial charge in [-0.05, 0) is 131 Å². The molecule has 10 atom stereocenters. The summed E-state index contributed by atoms with van der Waals surface area (Å²) < 4.78 is 6.08. The molecule has 5 fully saturated rings. The van der Waals surface area contributed by atoms with Crippen molar-refractivity contribution in [3.63, 3.8) is 0 Å². The number of fused-ring (bicyclic) bond motifs is 7.